The molecule has 1 amide bonds. The summed E-state index contributed by atoms with van der Waals surface area (Å²) in [5, 5.41) is 12.4. The topological polar surface area (TPSA) is 61.4 Å². The van der Waals surface area contributed by atoms with E-state index >= 15 is 0 Å². The zero-order valence-corrected chi connectivity index (χ0v) is 11.3. The quantitative estimate of drug-likeness (QED) is 0.399. The summed E-state index contributed by atoms with van der Waals surface area (Å²) in [6, 6.07) is 0. The van der Waals surface area contributed by atoms with Gasteiger partial charge in [-0.2, -0.15) is 0 Å². The fourth-order valence-electron chi connectivity index (χ4n) is 3.16. The van der Waals surface area contributed by atoms with Crippen LogP contribution in [0.4, 0.5) is 0 Å². The predicted molar refractivity (Wildman–Crippen MR) is 72.2 cm³/mol. The average molecular weight is 252 g/mol. The molecule has 1 aliphatic rings. The van der Waals surface area contributed by atoms with Crippen LogP contribution in [0.2, 0.25) is 0 Å². The molecule has 1 heterocycles. The molecular weight excluding hydrogens is 228 g/mol. The second kappa shape index (κ2) is 5.67. The SMILES string of the molecule is C=CCC1(CC=C)CC(C(=O)NO)CC(C)(C)N1. The van der Waals surface area contributed by atoms with Gasteiger partial charge in [-0.15, -0.1) is 13.2 Å². The first-order valence-electron chi connectivity index (χ1n) is 6.33. The molecule has 1 saturated heterocycles. The van der Waals surface area contributed by atoms with E-state index in [2.05, 4.69) is 32.3 Å². The summed E-state index contributed by atoms with van der Waals surface area (Å²) < 4.78 is 0. The third-order valence-electron chi connectivity index (χ3n) is 3.55. The number of carbonyl (C=O) groups excluding carboxylic acids is 1. The van der Waals surface area contributed by atoms with Crippen molar-refractivity contribution in [3.8, 4) is 0 Å². The molecule has 4 heteroatoms. The molecule has 0 aliphatic carbocycles. The van der Waals surface area contributed by atoms with Crippen LogP contribution in [0.15, 0.2) is 25.3 Å². The van der Waals surface area contributed by atoms with Gasteiger partial charge in [-0.05, 0) is 39.5 Å². The number of hydrogen-bond acceptors (Lipinski definition) is 3. The smallest absolute Gasteiger partial charge is 0.246 e. The van der Waals surface area contributed by atoms with Crippen LogP contribution in [-0.2, 0) is 4.79 Å². The monoisotopic (exact) mass is 252 g/mol. The highest BCUT2D eigenvalue weighted by Crippen LogP contribution is 2.37. The van der Waals surface area contributed by atoms with Crippen molar-refractivity contribution >= 4 is 5.91 Å². The second-order valence-electron chi connectivity index (χ2n) is 5.86. The number of hydrogen-bond donors (Lipinski definition) is 3. The van der Waals surface area contributed by atoms with Crippen LogP contribution in [0.25, 0.3) is 0 Å². The van der Waals surface area contributed by atoms with Gasteiger partial charge in [-0.25, -0.2) is 5.48 Å². The third-order valence-corrected chi connectivity index (χ3v) is 3.55. The maximum absolute atomic E-state index is 11.7. The van der Waals surface area contributed by atoms with E-state index in [0.29, 0.717) is 12.8 Å². The number of amides is 1. The minimum Gasteiger partial charge on any atom is -0.306 e. The predicted octanol–water partition coefficient (Wildman–Crippen LogP) is 2.16. The lowest BCUT2D eigenvalue weighted by atomic mass is 9.71. The molecule has 4 nitrogen and oxygen atoms in total. The van der Waals surface area contributed by atoms with Crippen molar-refractivity contribution in [2.75, 3.05) is 0 Å². The summed E-state index contributed by atoms with van der Waals surface area (Å²) in [5.41, 5.74) is 1.43. The van der Waals surface area contributed by atoms with Crippen molar-refractivity contribution in [1.82, 2.24) is 10.8 Å². The Morgan fingerprint density at radius 1 is 1.39 bits per heavy atom. The molecule has 0 aromatic rings. The Morgan fingerprint density at radius 3 is 2.39 bits per heavy atom. The van der Waals surface area contributed by atoms with Gasteiger partial charge in [0.1, 0.15) is 0 Å². The van der Waals surface area contributed by atoms with Crippen molar-refractivity contribution in [2.45, 2.75) is 50.6 Å². The standard InChI is InChI=1S/C14H24N2O2/c1-5-7-14(8-6-2)10-11(12(17)15-18)9-13(3,4)16-14/h5-6,11,16,18H,1-2,7-10H2,3-4H3,(H,15,17). The molecule has 0 radical (unpaired) electrons. The Hall–Kier alpha value is -1.13. The number of piperidine rings is 1. The van der Waals surface area contributed by atoms with Crippen LogP contribution in [0.5, 0.6) is 0 Å². The molecule has 0 saturated carbocycles. The van der Waals surface area contributed by atoms with Crippen LogP contribution in [-0.4, -0.2) is 22.2 Å². The third kappa shape index (κ3) is 3.43. The lowest BCUT2D eigenvalue weighted by molar-refractivity contribution is -0.136. The number of rotatable bonds is 5. The normalized spacial score (nSPS) is 25.2. The Labute approximate surface area is 109 Å². The molecule has 0 bridgehead atoms. The summed E-state index contributed by atoms with van der Waals surface area (Å²) >= 11 is 0. The highest BCUT2D eigenvalue weighted by atomic mass is 16.5. The molecule has 3 N–H and O–H groups in total. The fraction of sp³-hybridized carbons (Fsp3) is 0.643. The van der Waals surface area contributed by atoms with Crippen molar-refractivity contribution in [3.05, 3.63) is 25.3 Å². The van der Waals surface area contributed by atoms with E-state index in [1.54, 1.807) is 5.48 Å². The Morgan fingerprint density at radius 2 is 1.94 bits per heavy atom. The second-order valence-corrected chi connectivity index (χ2v) is 5.86. The van der Waals surface area contributed by atoms with Gasteiger partial charge in [0.05, 0.1) is 0 Å². The van der Waals surface area contributed by atoms with E-state index in [9.17, 15) is 4.79 Å². The maximum Gasteiger partial charge on any atom is 0.246 e. The fourth-order valence-corrected chi connectivity index (χ4v) is 3.16. The molecule has 1 unspecified atom stereocenters. The zero-order valence-electron chi connectivity index (χ0n) is 11.3. The molecule has 0 aromatic heterocycles. The highest BCUT2D eigenvalue weighted by Gasteiger charge is 2.44. The van der Waals surface area contributed by atoms with Crippen LogP contribution in [0, 0.1) is 5.92 Å². The van der Waals surface area contributed by atoms with E-state index in [1.807, 2.05) is 12.2 Å². The molecule has 18 heavy (non-hydrogen) atoms. The Kier molecular flexibility index (Phi) is 4.71. The van der Waals surface area contributed by atoms with Gasteiger partial charge in [0.15, 0.2) is 0 Å². The van der Waals surface area contributed by atoms with E-state index in [4.69, 9.17) is 5.21 Å². The largest absolute Gasteiger partial charge is 0.306 e. The Balaban J connectivity index is 2.98. The molecule has 1 atom stereocenters. The van der Waals surface area contributed by atoms with Gasteiger partial charge in [0, 0.05) is 17.0 Å². The molecule has 1 aliphatic heterocycles. The van der Waals surface area contributed by atoms with E-state index in [-0.39, 0.29) is 22.9 Å². The summed E-state index contributed by atoms with van der Waals surface area (Å²) in [4.78, 5) is 11.7. The summed E-state index contributed by atoms with van der Waals surface area (Å²) in [5.74, 6) is -0.492. The van der Waals surface area contributed by atoms with Crippen LogP contribution in [0.3, 0.4) is 0 Å². The first-order chi connectivity index (χ1) is 8.38. The van der Waals surface area contributed by atoms with Crippen molar-refractivity contribution in [1.29, 1.82) is 0 Å². The van der Waals surface area contributed by atoms with Gasteiger partial charge in [-0.3, -0.25) is 10.0 Å². The summed E-state index contributed by atoms with van der Waals surface area (Å²) in [6.07, 6.45) is 6.67. The van der Waals surface area contributed by atoms with Gasteiger partial charge >= 0.3 is 0 Å². The van der Waals surface area contributed by atoms with Crippen LogP contribution < -0.4 is 10.8 Å². The minimum absolute atomic E-state index is 0.151. The van der Waals surface area contributed by atoms with E-state index in [0.717, 1.165) is 12.8 Å². The van der Waals surface area contributed by atoms with Gasteiger partial charge in [-0.1, -0.05) is 12.2 Å². The van der Waals surface area contributed by atoms with E-state index in [1.165, 1.54) is 0 Å². The number of nitrogens with one attached hydrogen (secondary N) is 2. The first-order valence-corrected chi connectivity index (χ1v) is 6.33. The molecule has 0 spiro atoms. The number of carbonyl (C=O) groups is 1. The first kappa shape index (κ1) is 14.9. The molecule has 0 aromatic carbocycles. The van der Waals surface area contributed by atoms with Crippen LogP contribution in [0.1, 0.15) is 39.5 Å². The van der Waals surface area contributed by atoms with Crippen LogP contribution >= 0.6 is 0 Å². The molecule has 1 rings (SSSR count). The zero-order chi connectivity index (χ0) is 13.8. The lowest BCUT2D eigenvalue weighted by Gasteiger charge is -2.49. The number of hydroxylamine groups is 1. The lowest BCUT2D eigenvalue weighted by Crippen LogP contribution is -2.62. The summed E-state index contributed by atoms with van der Waals surface area (Å²) in [7, 11) is 0. The maximum atomic E-state index is 11.7. The van der Waals surface area contributed by atoms with Crippen molar-refractivity contribution in [2.24, 2.45) is 5.92 Å². The Bertz CT molecular complexity index is 327. The van der Waals surface area contributed by atoms with Crippen molar-refractivity contribution in [3.63, 3.8) is 0 Å². The van der Waals surface area contributed by atoms with E-state index < -0.39 is 0 Å². The van der Waals surface area contributed by atoms with Crippen molar-refractivity contribution < 1.29 is 10.0 Å². The highest BCUT2D eigenvalue weighted by molar-refractivity contribution is 5.77. The molecule has 102 valence electrons. The average Bonchev–Trinajstić information content (AvgIpc) is 2.26. The van der Waals surface area contributed by atoms with Gasteiger partial charge in [0.25, 0.3) is 0 Å². The van der Waals surface area contributed by atoms with Gasteiger partial charge < -0.3 is 5.32 Å². The minimum atomic E-state index is -0.304. The van der Waals surface area contributed by atoms with Gasteiger partial charge in [0.2, 0.25) is 5.91 Å². The molecule has 1 fully saturated rings. The molecular formula is C14H24N2O2. The summed E-state index contributed by atoms with van der Waals surface area (Å²) in [6.45, 7) is 11.7.